The van der Waals surface area contributed by atoms with E-state index >= 15 is 0 Å². The molecule has 2 aromatic carbocycles. The number of aliphatic carboxylic acids is 1. The molecule has 1 aromatic heterocycles. The predicted molar refractivity (Wildman–Crippen MR) is 113 cm³/mol. The number of carboxylic acid groups (broad SMARTS) is 1. The van der Waals surface area contributed by atoms with E-state index in [2.05, 4.69) is 10.1 Å². The lowest BCUT2D eigenvalue weighted by atomic mass is 9.72. The van der Waals surface area contributed by atoms with E-state index in [1.165, 1.54) is 0 Å². The van der Waals surface area contributed by atoms with E-state index < -0.39 is 24.2 Å². The third-order valence-electron chi connectivity index (χ3n) is 4.87. The molecule has 0 spiro atoms. The molecule has 0 radical (unpaired) electrons. The molecule has 156 valence electrons. The van der Waals surface area contributed by atoms with Crippen LogP contribution in [-0.2, 0) is 11.2 Å². The van der Waals surface area contributed by atoms with Crippen LogP contribution in [0.3, 0.4) is 0 Å². The number of hydrogen-bond acceptors (Lipinski definition) is 5. The van der Waals surface area contributed by atoms with Gasteiger partial charge in [0.25, 0.3) is 5.89 Å². The molecule has 4 rings (SSSR count). The topological polar surface area (TPSA) is 85.5 Å². The summed E-state index contributed by atoms with van der Waals surface area (Å²) >= 11 is 6.30. The first-order chi connectivity index (χ1) is 15.2. The zero-order valence-corrected chi connectivity index (χ0v) is 17.4. The van der Waals surface area contributed by atoms with E-state index in [1.807, 2.05) is 19.9 Å². The molecule has 1 unspecified atom stereocenters. The number of hydrogen-bond donors (Lipinski definition) is 1. The highest BCUT2D eigenvalue weighted by Crippen LogP contribution is 2.36. The van der Waals surface area contributed by atoms with Crippen LogP contribution in [0.4, 0.5) is 0 Å². The molecule has 0 saturated heterocycles. The Morgan fingerprint density at radius 1 is 1.30 bits per heavy atom. The van der Waals surface area contributed by atoms with Crippen molar-refractivity contribution in [1.82, 2.24) is 10.1 Å². The summed E-state index contributed by atoms with van der Waals surface area (Å²) in [6, 6.07) is 12.3. The van der Waals surface area contributed by atoms with Crippen LogP contribution in [-0.4, -0.2) is 27.3 Å². The van der Waals surface area contributed by atoms with Gasteiger partial charge in [-0.15, -0.1) is 0 Å². The van der Waals surface area contributed by atoms with Gasteiger partial charge in [0.05, 0.1) is 17.0 Å². The molecule has 1 atom stereocenters. The fraction of sp³-hybridized carbons (Fsp3) is 0.348. The Balaban J connectivity index is 1.48. The van der Waals surface area contributed by atoms with E-state index in [0.29, 0.717) is 39.2 Å². The summed E-state index contributed by atoms with van der Waals surface area (Å²) in [4.78, 5) is 15.5. The van der Waals surface area contributed by atoms with Crippen LogP contribution in [0.25, 0.3) is 22.8 Å². The van der Waals surface area contributed by atoms with Crippen molar-refractivity contribution in [2.75, 3.05) is 0 Å². The van der Waals surface area contributed by atoms with Crippen LogP contribution in [0.15, 0.2) is 47.0 Å². The Bertz CT molecular complexity index is 1130. The molecule has 1 aliphatic rings. The zero-order chi connectivity index (χ0) is 23.0. The van der Waals surface area contributed by atoms with E-state index in [0.717, 1.165) is 0 Å². The molecule has 0 bridgehead atoms. The lowest BCUT2D eigenvalue weighted by molar-refractivity contribution is -0.146. The van der Waals surface area contributed by atoms with Crippen molar-refractivity contribution in [3.63, 3.8) is 0 Å². The molecular weight excluding hydrogens is 404 g/mol. The first kappa shape index (κ1) is 18.0. The van der Waals surface area contributed by atoms with Crippen molar-refractivity contribution < 1.29 is 21.9 Å². The monoisotopic (exact) mass is 428 g/mol. The van der Waals surface area contributed by atoms with Crippen LogP contribution < -0.4 is 4.74 Å². The standard InChI is InChI=1S/C23H23ClN2O4/c1-13(2)29-20-8-7-17(12-19(20)24)21-25-22(30-26-21)16-5-3-14(4-6-16)9-15-10-18(11-15)23(27)28/h3-8,12-13,15,18H,9-11H2,1-2H3,(H,27,28)/i9D,15D. The Morgan fingerprint density at radius 2 is 2.00 bits per heavy atom. The molecule has 7 heteroatoms. The maximum atomic E-state index is 11.0. The highest BCUT2D eigenvalue weighted by molar-refractivity contribution is 6.32. The number of carbonyl (C=O) groups is 1. The number of benzene rings is 2. The average molecular weight is 429 g/mol. The maximum absolute atomic E-state index is 11.0. The Morgan fingerprint density at radius 3 is 2.63 bits per heavy atom. The number of halogens is 1. The van der Waals surface area contributed by atoms with Gasteiger partial charge in [-0.2, -0.15) is 4.98 Å². The van der Waals surface area contributed by atoms with Gasteiger partial charge >= 0.3 is 5.97 Å². The minimum atomic E-state index is -1.08. The maximum Gasteiger partial charge on any atom is 0.306 e. The van der Waals surface area contributed by atoms with Gasteiger partial charge in [0.2, 0.25) is 5.82 Å². The number of carboxylic acids is 1. The van der Waals surface area contributed by atoms with Gasteiger partial charge in [-0.25, -0.2) is 0 Å². The smallest absolute Gasteiger partial charge is 0.306 e. The van der Waals surface area contributed by atoms with Crippen LogP contribution in [0, 0.1) is 11.8 Å². The lowest BCUT2D eigenvalue weighted by Crippen LogP contribution is -2.31. The second-order valence-corrected chi connectivity index (χ2v) is 8.01. The quantitative estimate of drug-likeness (QED) is 0.535. The number of nitrogens with zero attached hydrogens (tertiary/aromatic N) is 2. The average Bonchev–Trinajstić information content (AvgIpc) is 3.22. The fourth-order valence-electron chi connectivity index (χ4n) is 3.27. The van der Waals surface area contributed by atoms with Gasteiger partial charge in [-0.05, 0) is 74.9 Å². The van der Waals surface area contributed by atoms with E-state index in [4.69, 9.17) is 28.7 Å². The van der Waals surface area contributed by atoms with Crippen molar-refractivity contribution in [3.8, 4) is 28.6 Å². The molecule has 6 nitrogen and oxygen atoms in total. The molecule has 1 saturated carbocycles. The molecular formula is C23H23ClN2O4. The van der Waals surface area contributed by atoms with Crippen molar-refractivity contribution in [2.45, 2.75) is 39.2 Å². The highest BCUT2D eigenvalue weighted by atomic mass is 35.5. The molecule has 1 heterocycles. The molecule has 1 fully saturated rings. The highest BCUT2D eigenvalue weighted by Gasteiger charge is 2.34. The van der Waals surface area contributed by atoms with Crippen LogP contribution in [0.5, 0.6) is 5.75 Å². The van der Waals surface area contributed by atoms with Crippen LogP contribution >= 0.6 is 11.6 Å². The van der Waals surface area contributed by atoms with E-state index in [9.17, 15) is 4.79 Å². The molecule has 1 aliphatic carbocycles. The summed E-state index contributed by atoms with van der Waals surface area (Å²) in [5.41, 5.74) is 2.03. The van der Waals surface area contributed by atoms with Crippen molar-refractivity contribution in [1.29, 1.82) is 0 Å². The molecule has 0 amide bonds. The normalized spacial score (nSPS) is 22.7. The molecule has 3 aromatic rings. The lowest BCUT2D eigenvalue weighted by Gasteiger charge is -2.32. The summed E-state index contributed by atoms with van der Waals surface area (Å²) < 4.78 is 27.9. The minimum absolute atomic E-state index is 0.00855. The Kier molecular flexibility index (Phi) is 5.07. The summed E-state index contributed by atoms with van der Waals surface area (Å²) in [5, 5.41) is 13.5. The summed E-state index contributed by atoms with van der Waals surface area (Å²) in [5.74, 6) is -1.21. The minimum Gasteiger partial charge on any atom is -0.489 e. The first-order valence-electron chi connectivity index (χ1n) is 10.8. The molecule has 1 N–H and O–H groups in total. The summed E-state index contributed by atoms with van der Waals surface area (Å²) in [6.45, 7) is 3.85. The van der Waals surface area contributed by atoms with Crippen LogP contribution in [0.1, 0.15) is 35.0 Å². The van der Waals surface area contributed by atoms with Gasteiger partial charge in [0.1, 0.15) is 5.75 Å². The van der Waals surface area contributed by atoms with Gasteiger partial charge in [-0.1, -0.05) is 28.9 Å². The third-order valence-corrected chi connectivity index (χ3v) is 5.17. The number of rotatable bonds is 7. The summed E-state index contributed by atoms with van der Waals surface area (Å²) in [6.07, 6.45) is -0.433. The van der Waals surface area contributed by atoms with Gasteiger partial charge in [0.15, 0.2) is 0 Å². The van der Waals surface area contributed by atoms with Crippen molar-refractivity contribution in [2.24, 2.45) is 11.8 Å². The fourth-order valence-corrected chi connectivity index (χ4v) is 3.50. The van der Waals surface area contributed by atoms with Crippen LogP contribution in [0.2, 0.25) is 5.02 Å². The SMILES string of the molecule is [2H]C(c1ccc(-c2nc(-c3ccc(OC(C)C)c(Cl)c3)no2)cc1)C1([2H])CC(C(=O)O)C1. The Labute approximate surface area is 182 Å². The van der Waals surface area contributed by atoms with Gasteiger partial charge in [-0.3, -0.25) is 4.79 Å². The number of ether oxygens (including phenoxy) is 1. The predicted octanol–water partition coefficient (Wildman–Crippen LogP) is 5.50. The third kappa shape index (κ3) is 4.49. The van der Waals surface area contributed by atoms with Gasteiger partial charge < -0.3 is 14.4 Å². The van der Waals surface area contributed by atoms with E-state index in [1.54, 1.807) is 36.4 Å². The summed E-state index contributed by atoms with van der Waals surface area (Å²) in [7, 11) is 0. The molecule has 0 aliphatic heterocycles. The van der Waals surface area contributed by atoms with Crippen molar-refractivity contribution in [3.05, 3.63) is 53.1 Å². The van der Waals surface area contributed by atoms with Crippen molar-refractivity contribution >= 4 is 17.6 Å². The Hall–Kier alpha value is -2.86. The second kappa shape index (κ2) is 8.48. The largest absolute Gasteiger partial charge is 0.489 e. The zero-order valence-electron chi connectivity index (χ0n) is 18.6. The first-order valence-corrected chi connectivity index (χ1v) is 10.1. The van der Waals surface area contributed by atoms with Gasteiger partial charge in [0, 0.05) is 13.9 Å². The molecule has 30 heavy (non-hydrogen) atoms. The second-order valence-electron chi connectivity index (χ2n) is 7.60. The number of aromatic nitrogens is 2. The van der Waals surface area contributed by atoms with E-state index in [-0.39, 0.29) is 18.9 Å².